The first kappa shape index (κ1) is 21.3. The molecule has 0 spiro atoms. The van der Waals surface area contributed by atoms with Crippen molar-refractivity contribution in [3.05, 3.63) is 60.7 Å². The van der Waals surface area contributed by atoms with Gasteiger partial charge >= 0.3 is 5.97 Å². The second-order valence-corrected chi connectivity index (χ2v) is 11.9. The zero-order valence-corrected chi connectivity index (χ0v) is 18.0. The monoisotopic (exact) mass is 385 g/mol. The number of ether oxygens (including phenoxy) is 1. The Morgan fingerprint density at radius 1 is 1.00 bits per heavy atom. The van der Waals surface area contributed by atoms with Gasteiger partial charge in [-0.2, -0.15) is 0 Å². The van der Waals surface area contributed by atoms with Gasteiger partial charge in [-0.1, -0.05) is 81.4 Å². The Morgan fingerprint density at radius 2 is 1.48 bits per heavy atom. The van der Waals surface area contributed by atoms with E-state index in [0.29, 0.717) is 13.0 Å². The summed E-state index contributed by atoms with van der Waals surface area (Å²) in [6, 6.07) is 20.7. The standard InChI is InChI=1S/C22H31NO3Si/c1-22(2,3)27(18-12-8-6-9-13-18,19-14-10-7-11-15-19)26-20(16-17-23-4)21(24)25-5/h6-15,20,23H,16-17H2,1-5H3. The van der Waals surface area contributed by atoms with Gasteiger partial charge in [0.25, 0.3) is 8.32 Å². The maximum Gasteiger partial charge on any atom is 0.333 e. The molecule has 0 saturated heterocycles. The summed E-state index contributed by atoms with van der Waals surface area (Å²) in [6.07, 6.45) is -0.0537. The summed E-state index contributed by atoms with van der Waals surface area (Å²) in [6.45, 7) is 7.28. The Kier molecular flexibility index (Phi) is 7.36. The minimum Gasteiger partial charge on any atom is -0.467 e. The predicted molar refractivity (Wildman–Crippen MR) is 113 cm³/mol. The molecule has 0 aliphatic rings. The molecule has 0 bridgehead atoms. The average molecular weight is 386 g/mol. The third-order valence-corrected chi connectivity index (χ3v) is 9.90. The second kappa shape index (κ2) is 9.31. The molecule has 2 aromatic carbocycles. The number of carbonyl (C=O) groups excluding carboxylic acids is 1. The highest BCUT2D eigenvalue weighted by atomic mass is 28.4. The largest absolute Gasteiger partial charge is 0.467 e. The van der Waals surface area contributed by atoms with E-state index in [1.807, 2.05) is 43.4 Å². The third kappa shape index (κ3) is 4.67. The van der Waals surface area contributed by atoms with Crippen LogP contribution in [-0.2, 0) is 14.0 Å². The van der Waals surface area contributed by atoms with Crippen LogP contribution in [0.2, 0.25) is 5.04 Å². The molecule has 0 saturated carbocycles. The summed E-state index contributed by atoms with van der Waals surface area (Å²) in [5.74, 6) is -0.321. The van der Waals surface area contributed by atoms with Crippen LogP contribution in [0.1, 0.15) is 27.2 Å². The number of hydrogen-bond acceptors (Lipinski definition) is 4. The molecule has 0 fully saturated rings. The van der Waals surface area contributed by atoms with E-state index < -0.39 is 14.4 Å². The van der Waals surface area contributed by atoms with Crippen LogP contribution >= 0.6 is 0 Å². The van der Waals surface area contributed by atoms with Gasteiger partial charge in [0.05, 0.1) is 7.11 Å². The van der Waals surface area contributed by atoms with E-state index in [2.05, 4.69) is 50.4 Å². The fraction of sp³-hybridized carbons (Fsp3) is 0.409. The first-order valence-electron chi connectivity index (χ1n) is 9.38. The molecule has 0 aromatic heterocycles. The van der Waals surface area contributed by atoms with Crippen LogP contribution < -0.4 is 15.7 Å². The van der Waals surface area contributed by atoms with Crippen LogP contribution in [0.15, 0.2) is 60.7 Å². The topological polar surface area (TPSA) is 47.6 Å². The first-order chi connectivity index (χ1) is 12.9. The van der Waals surface area contributed by atoms with E-state index in [1.165, 1.54) is 7.11 Å². The van der Waals surface area contributed by atoms with E-state index in [4.69, 9.17) is 9.16 Å². The number of benzene rings is 2. The maximum atomic E-state index is 12.5. The molecule has 2 aromatic rings. The molecular weight excluding hydrogens is 354 g/mol. The van der Waals surface area contributed by atoms with Gasteiger partial charge in [-0.05, 0) is 35.4 Å². The van der Waals surface area contributed by atoms with Crippen molar-refractivity contribution in [2.24, 2.45) is 0 Å². The van der Waals surface area contributed by atoms with Gasteiger partial charge in [-0.3, -0.25) is 0 Å². The van der Waals surface area contributed by atoms with Crippen LogP contribution in [0.4, 0.5) is 0 Å². The molecule has 0 radical (unpaired) electrons. The molecule has 0 aliphatic carbocycles. The maximum absolute atomic E-state index is 12.5. The van der Waals surface area contributed by atoms with Crippen molar-refractivity contribution in [3.8, 4) is 0 Å². The average Bonchev–Trinajstić information content (AvgIpc) is 2.68. The Balaban J connectivity index is 2.65. The van der Waals surface area contributed by atoms with Gasteiger partial charge in [-0.15, -0.1) is 0 Å². The molecule has 0 amide bonds. The number of carbonyl (C=O) groups is 1. The van der Waals surface area contributed by atoms with Gasteiger partial charge < -0.3 is 14.5 Å². The lowest BCUT2D eigenvalue weighted by molar-refractivity contribution is -0.149. The molecule has 27 heavy (non-hydrogen) atoms. The highest BCUT2D eigenvalue weighted by molar-refractivity contribution is 6.99. The van der Waals surface area contributed by atoms with Crippen molar-refractivity contribution >= 4 is 24.7 Å². The number of nitrogens with one attached hydrogen (secondary N) is 1. The van der Waals surface area contributed by atoms with Gasteiger partial charge in [0.15, 0.2) is 0 Å². The summed E-state index contributed by atoms with van der Waals surface area (Å²) in [7, 11) is 0.522. The molecule has 2 rings (SSSR count). The molecule has 0 heterocycles. The van der Waals surface area contributed by atoms with E-state index in [-0.39, 0.29) is 11.0 Å². The lowest BCUT2D eigenvalue weighted by atomic mass is 10.2. The number of esters is 1. The minimum atomic E-state index is -2.77. The molecule has 5 heteroatoms. The van der Waals surface area contributed by atoms with Crippen LogP contribution in [0.3, 0.4) is 0 Å². The van der Waals surface area contributed by atoms with Crippen molar-refractivity contribution in [3.63, 3.8) is 0 Å². The highest BCUT2D eigenvalue weighted by Gasteiger charge is 2.52. The van der Waals surface area contributed by atoms with Gasteiger partial charge in [-0.25, -0.2) is 4.79 Å². The fourth-order valence-electron chi connectivity index (χ4n) is 3.54. The van der Waals surface area contributed by atoms with E-state index >= 15 is 0 Å². The van der Waals surface area contributed by atoms with Crippen molar-refractivity contribution < 1.29 is 14.0 Å². The van der Waals surface area contributed by atoms with Crippen molar-refractivity contribution in [1.29, 1.82) is 0 Å². The van der Waals surface area contributed by atoms with Gasteiger partial charge in [0.2, 0.25) is 0 Å². The molecule has 146 valence electrons. The lowest BCUT2D eigenvalue weighted by Gasteiger charge is -2.44. The zero-order valence-electron chi connectivity index (χ0n) is 17.0. The number of hydrogen-bond donors (Lipinski definition) is 1. The van der Waals surface area contributed by atoms with E-state index in [1.54, 1.807) is 0 Å². The smallest absolute Gasteiger partial charge is 0.333 e. The van der Waals surface area contributed by atoms with Crippen molar-refractivity contribution in [1.82, 2.24) is 5.32 Å². The lowest BCUT2D eigenvalue weighted by Crippen LogP contribution is -2.68. The summed E-state index contributed by atoms with van der Waals surface area (Å²) in [5.41, 5.74) is 0. The molecule has 1 atom stereocenters. The predicted octanol–water partition coefficient (Wildman–Crippen LogP) is 2.71. The molecule has 4 nitrogen and oxygen atoms in total. The molecule has 1 unspecified atom stereocenters. The first-order valence-corrected chi connectivity index (χ1v) is 11.3. The Morgan fingerprint density at radius 3 is 1.85 bits per heavy atom. The van der Waals surface area contributed by atoms with Crippen LogP contribution in [0.25, 0.3) is 0 Å². The number of methoxy groups -OCH3 is 1. The van der Waals surface area contributed by atoms with E-state index in [9.17, 15) is 4.79 Å². The molecule has 0 aliphatic heterocycles. The molecular formula is C22H31NO3Si. The summed E-state index contributed by atoms with van der Waals surface area (Å²) < 4.78 is 11.9. The second-order valence-electron chi connectivity index (χ2n) is 7.69. The summed E-state index contributed by atoms with van der Waals surface area (Å²) in [4.78, 5) is 12.5. The quantitative estimate of drug-likeness (QED) is 0.561. The molecule has 1 N–H and O–H groups in total. The summed E-state index contributed by atoms with van der Waals surface area (Å²) in [5, 5.41) is 5.24. The van der Waals surface area contributed by atoms with Crippen molar-refractivity contribution in [2.75, 3.05) is 20.7 Å². The van der Waals surface area contributed by atoms with Crippen molar-refractivity contribution in [2.45, 2.75) is 38.3 Å². The third-order valence-electron chi connectivity index (χ3n) is 4.86. The van der Waals surface area contributed by atoms with Gasteiger partial charge in [0.1, 0.15) is 6.10 Å². The highest BCUT2D eigenvalue weighted by Crippen LogP contribution is 2.37. The van der Waals surface area contributed by atoms with Crippen LogP contribution in [0.5, 0.6) is 0 Å². The van der Waals surface area contributed by atoms with Gasteiger partial charge in [0, 0.05) is 0 Å². The number of rotatable bonds is 8. The Labute approximate surface area is 164 Å². The minimum absolute atomic E-state index is 0.179. The fourth-order valence-corrected chi connectivity index (χ4v) is 8.19. The Hall–Kier alpha value is -1.95. The van der Waals surface area contributed by atoms with Crippen LogP contribution in [0, 0.1) is 0 Å². The SMILES string of the molecule is CNCCC(O[Si](c1ccccc1)(c1ccccc1)C(C)(C)C)C(=O)OC. The Bertz CT molecular complexity index is 674. The zero-order chi connectivity index (χ0) is 19.9. The summed E-state index contributed by atoms with van der Waals surface area (Å²) >= 11 is 0. The van der Waals surface area contributed by atoms with E-state index in [0.717, 1.165) is 10.4 Å². The normalized spacial score (nSPS) is 13.2. The van der Waals surface area contributed by atoms with Crippen LogP contribution in [-0.4, -0.2) is 41.1 Å².